The third kappa shape index (κ3) is 3.08. The average Bonchev–Trinajstić information content (AvgIpc) is 2.75. The van der Waals surface area contributed by atoms with Crippen LogP contribution >= 0.6 is 0 Å². The summed E-state index contributed by atoms with van der Waals surface area (Å²) in [6.07, 6.45) is 2.26. The molecule has 1 heterocycles. The van der Waals surface area contributed by atoms with E-state index in [1.807, 2.05) is 30.3 Å². The highest BCUT2D eigenvalue weighted by Crippen LogP contribution is 2.25. The van der Waals surface area contributed by atoms with Gasteiger partial charge in [0, 0.05) is 12.6 Å². The van der Waals surface area contributed by atoms with E-state index >= 15 is 0 Å². The molecule has 2 nitrogen and oxygen atoms in total. The van der Waals surface area contributed by atoms with Crippen molar-refractivity contribution < 1.29 is 5.11 Å². The molecule has 2 rings (SSSR count). The molecule has 3 unspecified atom stereocenters. The van der Waals surface area contributed by atoms with Crippen LogP contribution in [0.25, 0.3) is 0 Å². The summed E-state index contributed by atoms with van der Waals surface area (Å²) in [4.78, 5) is 2.50. The van der Waals surface area contributed by atoms with Gasteiger partial charge in [-0.2, -0.15) is 0 Å². The number of likely N-dealkylation sites (tertiary alicyclic amines) is 1. The standard InChI is InChI=1S/C15H23NO/c1-12(11-16-10-6-7-13(16)2)15(17)14-8-4-3-5-9-14/h3-5,8-9,12-13,15,17H,6-7,10-11H2,1-2H3. The Hall–Kier alpha value is -0.860. The van der Waals surface area contributed by atoms with E-state index in [1.165, 1.54) is 19.4 Å². The van der Waals surface area contributed by atoms with Crippen molar-refractivity contribution in [3.05, 3.63) is 35.9 Å². The van der Waals surface area contributed by atoms with E-state index in [1.54, 1.807) is 0 Å². The molecule has 1 saturated heterocycles. The molecule has 0 bridgehead atoms. The molecule has 0 aliphatic carbocycles. The van der Waals surface area contributed by atoms with E-state index in [9.17, 15) is 5.11 Å². The zero-order valence-electron chi connectivity index (χ0n) is 10.8. The van der Waals surface area contributed by atoms with E-state index in [4.69, 9.17) is 0 Å². The molecule has 0 aromatic heterocycles. The Kier molecular flexibility index (Phi) is 4.19. The third-order valence-electron chi connectivity index (χ3n) is 3.89. The van der Waals surface area contributed by atoms with Crippen LogP contribution in [0.15, 0.2) is 30.3 Å². The van der Waals surface area contributed by atoms with Crippen LogP contribution in [0.1, 0.15) is 38.4 Å². The third-order valence-corrected chi connectivity index (χ3v) is 3.89. The Balaban J connectivity index is 1.93. The highest BCUT2D eigenvalue weighted by atomic mass is 16.3. The lowest BCUT2D eigenvalue weighted by Gasteiger charge is -2.27. The van der Waals surface area contributed by atoms with Gasteiger partial charge in [-0.1, -0.05) is 37.3 Å². The number of benzene rings is 1. The first-order valence-electron chi connectivity index (χ1n) is 6.65. The topological polar surface area (TPSA) is 23.5 Å². The zero-order chi connectivity index (χ0) is 12.3. The number of nitrogens with zero attached hydrogens (tertiary/aromatic N) is 1. The maximum absolute atomic E-state index is 10.3. The van der Waals surface area contributed by atoms with Crippen molar-refractivity contribution in [2.75, 3.05) is 13.1 Å². The molecule has 0 radical (unpaired) electrons. The lowest BCUT2D eigenvalue weighted by atomic mass is 9.97. The Bertz CT molecular complexity index is 338. The molecular weight excluding hydrogens is 210 g/mol. The second-order valence-electron chi connectivity index (χ2n) is 5.32. The SMILES string of the molecule is CC(CN1CCCC1C)C(O)c1ccccc1. The predicted octanol–water partition coefficient (Wildman–Crippen LogP) is 2.84. The van der Waals surface area contributed by atoms with Gasteiger partial charge in [0.2, 0.25) is 0 Å². The van der Waals surface area contributed by atoms with Crippen LogP contribution in [0.3, 0.4) is 0 Å². The monoisotopic (exact) mass is 233 g/mol. The zero-order valence-corrected chi connectivity index (χ0v) is 10.8. The maximum atomic E-state index is 10.3. The van der Waals surface area contributed by atoms with Crippen molar-refractivity contribution in [3.63, 3.8) is 0 Å². The van der Waals surface area contributed by atoms with E-state index in [0.717, 1.165) is 12.1 Å². The summed E-state index contributed by atoms with van der Waals surface area (Å²) >= 11 is 0. The average molecular weight is 233 g/mol. The van der Waals surface area contributed by atoms with Crippen LogP contribution in [-0.4, -0.2) is 29.1 Å². The second kappa shape index (κ2) is 5.65. The number of hydrogen-bond acceptors (Lipinski definition) is 2. The van der Waals surface area contributed by atoms with E-state index in [-0.39, 0.29) is 12.0 Å². The summed E-state index contributed by atoms with van der Waals surface area (Å²) < 4.78 is 0. The fraction of sp³-hybridized carbons (Fsp3) is 0.600. The number of rotatable bonds is 4. The van der Waals surface area contributed by atoms with Crippen molar-refractivity contribution >= 4 is 0 Å². The van der Waals surface area contributed by atoms with Crippen LogP contribution in [0.5, 0.6) is 0 Å². The Labute approximate surface area is 104 Å². The minimum atomic E-state index is -0.344. The van der Waals surface area contributed by atoms with Crippen molar-refractivity contribution in [3.8, 4) is 0 Å². The molecule has 1 aliphatic heterocycles. The van der Waals surface area contributed by atoms with E-state index in [0.29, 0.717) is 6.04 Å². The van der Waals surface area contributed by atoms with Gasteiger partial charge in [0.15, 0.2) is 0 Å². The molecule has 94 valence electrons. The van der Waals surface area contributed by atoms with Gasteiger partial charge < -0.3 is 10.0 Å². The molecule has 1 aliphatic rings. The summed E-state index contributed by atoms with van der Waals surface area (Å²) in [5, 5.41) is 10.3. The highest BCUT2D eigenvalue weighted by Gasteiger charge is 2.25. The maximum Gasteiger partial charge on any atom is 0.0827 e. The molecule has 2 heteroatoms. The highest BCUT2D eigenvalue weighted by molar-refractivity contribution is 5.17. The molecule has 1 fully saturated rings. The molecule has 1 aromatic carbocycles. The minimum absolute atomic E-state index is 0.290. The lowest BCUT2D eigenvalue weighted by molar-refractivity contribution is 0.0864. The Morgan fingerprint density at radius 3 is 2.65 bits per heavy atom. The van der Waals surface area contributed by atoms with Gasteiger partial charge in [-0.05, 0) is 37.8 Å². The molecule has 1 aromatic rings. The van der Waals surface area contributed by atoms with Gasteiger partial charge in [0.05, 0.1) is 6.10 Å². The Morgan fingerprint density at radius 1 is 1.35 bits per heavy atom. The molecular formula is C15H23NO. The summed E-state index contributed by atoms with van der Waals surface area (Å²) in [7, 11) is 0. The molecule has 17 heavy (non-hydrogen) atoms. The van der Waals surface area contributed by atoms with Gasteiger partial charge in [-0.15, -0.1) is 0 Å². The molecule has 0 saturated carbocycles. The van der Waals surface area contributed by atoms with Gasteiger partial charge in [0.25, 0.3) is 0 Å². The van der Waals surface area contributed by atoms with Crippen LogP contribution in [0, 0.1) is 5.92 Å². The Morgan fingerprint density at radius 2 is 2.06 bits per heavy atom. The van der Waals surface area contributed by atoms with Crippen LogP contribution < -0.4 is 0 Å². The van der Waals surface area contributed by atoms with Crippen LogP contribution in [0.4, 0.5) is 0 Å². The first-order valence-corrected chi connectivity index (χ1v) is 6.65. The predicted molar refractivity (Wildman–Crippen MR) is 70.8 cm³/mol. The van der Waals surface area contributed by atoms with Crippen molar-refractivity contribution in [1.82, 2.24) is 4.90 Å². The fourth-order valence-electron chi connectivity index (χ4n) is 2.71. The normalized spacial score (nSPS) is 24.8. The number of hydrogen-bond donors (Lipinski definition) is 1. The number of aliphatic hydroxyl groups excluding tert-OH is 1. The smallest absolute Gasteiger partial charge is 0.0827 e. The summed E-state index contributed by atoms with van der Waals surface area (Å²) in [6, 6.07) is 10.7. The molecule has 3 atom stereocenters. The minimum Gasteiger partial charge on any atom is -0.388 e. The second-order valence-corrected chi connectivity index (χ2v) is 5.32. The van der Waals surface area contributed by atoms with E-state index in [2.05, 4.69) is 18.7 Å². The van der Waals surface area contributed by atoms with Gasteiger partial charge >= 0.3 is 0 Å². The fourth-order valence-corrected chi connectivity index (χ4v) is 2.71. The number of aliphatic hydroxyl groups is 1. The molecule has 0 spiro atoms. The van der Waals surface area contributed by atoms with Crippen LogP contribution in [0.2, 0.25) is 0 Å². The van der Waals surface area contributed by atoms with Gasteiger partial charge in [-0.25, -0.2) is 0 Å². The summed E-state index contributed by atoms with van der Waals surface area (Å²) in [5.41, 5.74) is 1.03. The van der Waals surface area contributed by atoms with Crippen molar-refractivity contribution in [1.29, 1.82) is 0 Å². The first kappa shape index (κ1) is 12.6. The van der Waals surface area contributed by atoms with Gasteiger partial charge in [0.1, 0.15) is 0 Å². The van der Waals surface area contributed by atoms with Gasteiger partial charge in [-0.3, -0.25) is 0 Å². The quantitative estimate of drug-likeness (QED) is 0.864. The molecule has 1 N–H and O–H groups in total. The van der Waals surface area contributed by atoms with Crippen molar-refractivity contribution in [2.24, 2.45) is 5.92 Å². The first-order chi connectivity index (χ1) is 8.18. The van der Waals surface area contributed by atoms with Crippen molar-refractivity contribution in [2.45, 2.75) is 38.8 Å². The summed E-state index contributed by atoms with van der Waals surface area (Å²) in [6.45, 7) is 6.61. The molecule has 0 amide bonds. The summed E-state index contributed by atoms with van der Waals surface area (Å²) in [5.74, 6) is 0.290. The lowest BCUT2D eigenvalue weighted by Crippen LogP contribution is -2.33. The van der Waals surface area contributed by atoms with E-state index < -0.39 is 0 Å². The van der Waals surface area contributed by atoms with Crippen LogP contribution in [-0.2, 0) is 0 Å². The largest absolute Gasteiger partial charge is 0.388 e.